The maximum absolute atomic E-state index is 8.95. The van der Waals surface area contributed by atoms with Gasteiger partial charge in [0.05, 0.1) is 17.8 Å². The second-order valence-corrected chi connectivity index (χ2v) is 4.35. The zero-order valence-electron chi connectivity index (χ0n) is 9.36. The van der Waals surface area contributed by atoms with Gasteiger partial charge in [0, 0.05) is 12.8 Å². The summed E-state index contributed by atoms with van der Waals surface area (Å²) in [4.78, 5) is 4.03. The minimum atomic E-state index is -0.0904. The molecule has 2 heterocycles. The first-order valence-corrected chi connectivity index (χ1v) is 5.45. The number of aromatic nitrogens is 1. The third-order valence-corrected chi connectivity index (χ3v) is 2.79. The highest BCUT2D eigenvalue weighted by Gasteiger charge is 2.28. The number of hydrogen-bond donors (Lipinski definition) is 1. The van der Waals surface area contributed by atoms with Crippen molar-refractivity contribution >= 4 is 5.69 Å². The number of nitrogens with one attached hydrogen (secondary N) is 1. The smallest absolute Gasteiger partial charge is 0.163 e. The molecule has 0 radical (unpaired) electrons. The number of ether oxygens (including phenoxy) is 1. The lowest BCUT2D eigenvalue weighted by Gasteiger charge is -2.35. The second-order valence-electron chi connectivity index (χ2n) is 4.35. The molecule has 0 aliphatic carbocycles. The zero-order chi connectivity index (χ0) is 11.4. The molecule has 1 atom stereocenters. The number of rotatable bonds is 2. The van der Waals surface area contributed by atoms with E-state index in [2.05, 4.69) is 23.3 Å². The molecule has 16 heavy (non-hydrogen) atoms. The molecule has 4 heteroatoms. The van der Waals surface area contributed by atoms with Gasteiger partial charge >= 0.3 is 0 Å². The van der Waals surface area contributed by atoms with E-state index in [1.54, 1.807) is 6.20 Å². The van der Waals surface area contributed by atoms with Crippen LogP contribution in [-0.2, 0) is 4.74 Å². The van der Waals surface area contributed by atoms with Crippen LogP contribution in [0.4, 0.5) is 5.69 Å². The fourth-order valence-electron chi connectivity index (χ4n) is 1.95. The van der Waals surface area contributed by atoms with Crippen LogP contribution in [0.2, 0.25) is 0 Å². The number of anilines is 1. The van der Waals surface area contributed by atoms with E-state index in [1.165, 1.54) is 0 Å². The van der Waals surface area contributed by atoms with Gasteiger partial charge in [-0.1, -0.05) is 0 Å². The van der Waals surface area contributed by atoms with E-state index >= 15 is 0 Å². The molecule has 1 aromatic heterocycles. The number of nitriles is 1. The molecule has 2 rings (SSSR count). The summed E-state index contributed by atoms with van der Waals surface area (Å²) >= 11 is 0. The molecule has 0 aromatic carbocycles. The van der Waals surface area contributed by atoms with Crippen LogP contribution < -0.4 is 5.32 Å². The van der Waals surface area contributed by atoms with Gasteiger partial charge in [0.15, 0.2) is 5.69 Å². The highest BCUT2D eigenvalue weighted by Crippen LogP contribution is 2.25. The first kappa shape index (κ1) is 10.9. The number of hydrogen-bond acceptors (Lipinski definition) is 4. The van der Waals surface area contributed by atoms with Gasteiger partial charge in [-0.2, -0.15) is 5.26 Å². The third-order valence-electron chi connectivity index (χ3n) is 2.79. The Labute approximate surface area is 95.3 Å². The van der Waals surface area contributed by atoms with Crippen LogP contribution >= 0.6 is 0 Å². The van der Waals surface area contributed by atoms with Crippen molar-refractivity contribution in [3.63, 3.8) is 0 Å². The highest BCUT2D eigenvalue weighted by molar-refractivity contribution is 5.54. The Balaban J connectivity index is 2.16. The minimum Gasteiger partial charge on any atom is -0.379 e. The monoisotopic (exact) mass is 217 g/mol. The van der Waals surface area contributed by atoms with Crippen molar-refractivity contribution in [2.24, 2.45) is 0 Å². The van der Waals surface area contributed by atoms with Gasteiger partial charge in [-0.3, -0.25) is 0 Å². The first-order valence-electron chi connectivity index (χ1n) is 5.45. The Morgan fingerprint density at radius 1 is 1.62 bits per heavy atom. The summed E-state index contributed by atoms with van der Waals surface area (Å²) < 4.78 is 5.46. The predicted octanol–water partition coefficient (Wildman–Crippen LogP) is 1.93. The molecule has 84 valence electrons. The molecular weight excluding hydrogens is 202 g/mol. The Morgan fingerprint density at radius 2 is 2.50 bits per heavy atom. The predicted molar refractivity (Wildman–Crippen MR) is 61.0 cm³/mol. The van der Waals surface area contributed by atoms with E-state index in [-0.39, 0.29) is 5.54 Å². The van der Waals surface area contributed by atoms with Crippen molar-refractivity contribution in [3.05, 3.63) is 24.0 Å². The quantitative estimate of drug-likeness (QED) is 0.822. The second kappa shape index (κ2) is 4.50. The van der Waals surface area contributed by atoms with E-state index in [9.17, 15) is 0 Å². The Kier molecular flexibility index (Phi) is 3.07. The molecule has 0 bridgehead atoms. The number of nitrogens with zero attached hydrogens (tertiary/aromatic N) is 2. The van der Waals surface area contributed by atoms with E-state index in [4.69, 9.17) is 10.00 Å². The lowest BCUT2D eigenvalue weighted by atomic mass is 9.94. The third kappa shape index (κ3) is 2.31. The molecule has 1 aromatic rings. The van der Waals surface area contributed by atoms with Crippen LogP contribution in [0.5, 0.6) is 0 Å². The molecule has 1 saturated heterocycles. The lowest BCUT2D eigenvalue weighted by molar-refractivity contribution is 0.0540. The van der Waals surface area contributed by atoms with E-state index < -0.39 is 0 Å². The fourth-order valence-corrected chi connectivity index (χ4v) is 1.95. The maximum atomic E-state index is 8.95. The van der Waals surface area contributed by atoms with Crippen molar-refractivity contribution in [3.8, 4) is 6.07 Å². The van der Waals surface area contributed by atoms with Gasteiger partial charge in [0.1, 0.15) is 6.07 Å². The van der Waals surface area contributed by atoms with Crippen LogP contribution in [0.15, 0.2) is 18.3 Å². The average Bonchev–Trinajstić information content (AvgIpc) is 2.30. The molecule has 1 aliphatic rings. The van der Waals surface area contributed by atoms with Gasteiger partial charge in [-0.05, 0) is 31.9 Å². The number of pyridine rings is 1. The van der Waals surface area contributed by atoms with Crippen molar-refractivity contribution in [1.29, 1.82) is 5.26 Å². The first-order chi connectivity index (χ1) is 7.73. The summed E-state index contributed by atoms with van der Waals surface area (Å²) in [5, 5.41) is 12.3. The van der Waals surface area contributed by atoms with Crippen LogP contribution in [0, 0.1) is 11.3 Å². The Bertz CT molecular complexity index is 405. The molecule has 0 saturated carbocycles. The summed E-state index contributed by atoms with van der Waals surface area (Å²) in [6, 6.07) is 5.80. The lowest BCUT2D eigenvalue weighted by Crippen LogP contribution is -2.43. The van der Waals surface area contributed by atoms with Crippen molar-refractivity contribution < 1.29 is 4.74 Å². The average molecular weight is 217 g/mol. The molecule has 1 fully saturated rings. The highest BCUT2D eigenvalue weighted by atomic mass is 16.5. The fraction of sp³-hybridized carbons (Fsp3) is 0.500. The van der Waals surface area contributed by atoms with E-state index in [0.29, 0.717) is 12.3 Å². The zero-order valence-corrected chi connectivity index (χ0v) is 9.36. The largest absolute Gasteiger partial charge is 0.379 e. The van der Waals surface area contributed by atoms with Crippen molar-refractivity contribution in [2.75, 3.05) is 18.5 Å². The summed E-state index contributed by atoms with van der Waals surface area (Å²) in [5.74, 6) is 0. The van der Waals surface area contributed by atoms with E-state index in [0.717, 1.165) is 25.1 Å². The van der Waals surface area contributed by atoms with Gasteiger partial charge in [-0.25, -0.2) is 4.98 Å². The summed E-state index contributed by atoms with van der Waals surface area (Å²) in [6.07, 6.45) is 3.72. The molecular formula is C12H15N3O. The van der Waals surface area contributed by atoms with E-state index in [1.807, 2.05) is 12.1 Å². The van der Waals surface area contributed by atoms with Gasteiger partial charge in [0.2, 0.25) is 0 Å². The van der Waals surface area contributed by atoms with Gasteiger partial charge < -0.3 is 10.1 Å². The summed E-state index contributed by atoms with van der Waals surface area (Å²) in [7, 11) is 0. The molecule has 0 amide bonds. The normalized spacial score (nSPS) is 24.8. The molecule has 1 aliphatic heterocycles. The molecule has 4 nitrogen and oxygen atoms in total. The maximum Gasteiger partial charge on any atom is 0.163 e. The Morgan fingerprint density at radius 3 is 3.19 bits per heavy atom. The molecule has 0 spiro atoms. The van der Waals surface area contributed by atoms with Crippen LogP contribution in [0.25, 0.3) is 0 Å². The minimum absolute atomic E-state index is 0.0904. The standard InChI is InChI=1S/C12H15N3O/c1-12(5-3-7-16-9-12)15-10-4-2-6-14-11(10)8-13/h2,4,6,15H,3,5,7,9H2,1H3. The summed E-state index contributed by atoms with van der Waals surface area (Å²) in [6.45, 7) is 3.61. The van der Waals surface area contributed by atoms with Crippen LogP contribution in [0.1, 0.15) is 25.5 Å². The van der Waals surface area contributed by atoms with Crippen LogP contribution in [-0.4, -0.2) is 23.7 Å². The van der Waals surface area contributed by atoms with Crippen LogP contribution in [0.3, 0.4) is 0 Å². The topological polar surface area (TPSA) is 57.9 Å². The van der Waals surface area contributed by atoms with Gasteiger partial charge in [0.25, 0.3) is 0 Å². The van der Waals surface area contributed by atoms with Gasteiger partial charge in [-0.15, -0.1) is 0 Å². The van der Waals surface area contributed by atoms with Crippen molar-refractivity contribution in [1.82, 2.24) is 4.98 Å². The SMILES string of the molecule is CC1(Nc2cccnc2C#N)CCCOC1. The molecule has 1 N–H and O–H groups in total. The Hall–Kier alpha value is -1.60. The van der Waals surface area contributed by atoms with Crippen molar-refractivity contribution in [2.45, 2.75) is 25.3 Å². The molecule has 1 unspecified atom stereocenters. The summed E-state index contributed by atoms with van der Waals surface area (Å²) in [5.41, 5.74) is 1.14.